The molecule has 15 heavy (non-hydrogen) atoms. The van der Waals surface area contributed by atoms with Crippen molar-refractivity contribution < 1.29 is 4.74 Å². The van der Waals surface area contributed by atoms with Gasteiger partial charge in [0.1, 0.15) is 0 Å². The van der Waals surface area contributed by atoms with E-state index in [2.05, 4.69) is 42.6 Å². The van der Waals surface area contributed by atoms with Gasteiger partial charge in [-0.2, -0.15) is 0 Å². The highest BCUT2D eigenvalue weighted by Crippen LogP contribution is 2.28. The summed E-state index contributed by atoms with van der Waals surface area (Å²) in [6.45, 7) is 4.98. The number of hydrogen-bond donors (Lipinski definition) is 1. The van der Waals surface area contributed by atoms with Crippen LogP contribution in [0.25, 0.3) is 0 Å². The largest absolute Gasteiger partial charge is 0.381 e. The average Bonchev–Trinajstić information content (AvgIpc) is 2.80. The summed E-state index contributed by atoms with van der Waals surface area (Å²) >= 11 is 0. The Hall–Kier alpha value is -0.860. The molecule has 1 aliphatic rings. The van der Waals surface area contributed by atoms with Crippen LogP contribution in [0.2, 0.25) is 0 Å². The first-order valence-electron chi connectivity index (χ1n) is 5.78. The van der Waals surface area contributed by atoms with Crippen molar-refractivity contribution in [3.05, 3.63) is 35.9 Å². The van der Waals surface area contributed by atoms with Crippen LogP contribution in [-0.2, 0) is 4.74 Å². The van der Waals surface area contributed by atoms with E-state index in [9.17, 15) is 0 Å². The van der Waals surface area contributed by atoms with Gasteiger partial charge < -0.3 is 10.1 Å². The Morgan fingerprint density at radius 2 is 2.20 bits per heavy atom. The molecule has 0 amide bonds. The van der Waals surface area contributed by atoms with Gasteiger partial charge in [0.2, 0.25) is 0 Å². The molecular weight excluding hydrogens is 186 g/mol. The molecule has 82 valence electrons. The van der Waals surface area contributed by atoms with Gasteiger partial charge in [-0.25, -0.2) is 0 Å². The van der Waals surface area contributed by atoms with Gasteiger partial charge in [-0.15, -0.1) is 0 Å². The average molecular weight is 205 g/mol. The van der Waals surface area contributed by atoms with Crippen molar-refractivity contribution in [1.29, 1.82) is 0 Å². The van der Waals surface area contributed by atoms with Gasteiger partial charge in [0.15, 0.2) is 0 Å². The molecule has 1 fully saturated rings. The minimum absolute atomic E-state index is 0.457. The van der Waals surface area contributed by atoms with Gasteiger partial charge in [0.05, 0.1) is 6.61 Å². The molecule has 1 aliphatic heterocycles. The third-order valence-electron chi connectivity index (χ3n) is 3.02. The van der Waals surface area contributed by atoms with E-state index in [1.807, 2.05) is 0 Å². The Morgan fingerprint density at radius 1 is 1.40 bits per heavy atom. The summed E-state index contributed by atoms with van der Waals surface area (Å²) < 4.78 is 5.47. The highest BCUT2D eigenvalue weighted by atomic mass is 16.5. The molecule has 2 rings (SSSR count). The summed E-state index contributed by atoms with van der Waals surface area (Å²) in [5.74, 6) is 0.632. The van der Waals surface area contributed by atoms with Gasteiger partial charge in [0, 0.05) is 18.6 Å². The Morgan fingerprint density at radius 3 is 2.80 bits per heavy atom. The molecule has 0 saturated carbocycles. The second-order valence-electron chi connectivity index (χ2n) is 4.07. The minimum atomic E-state index is 0.457. The van der Waals surface area contributed by atoms with E-state index in [1.54, 1.807) is 0 Å². The van der Waals surface area contributed by atoms with Crippen LogP contribution in [0.3, 0.4) is 0 Å². The van der Waals surface area contributed by atoms with Crippen molar-refractivity contribution in [2.45, 2.75) is 19.4 Å². The standard InChI is InChI=1S/C13H19NO/c1-2-14-13(12-8-9-15-10-12)11-6-4-3-5-7-11/h3-7,12-14H,2,8-10H2,1H3/t12-,13+/m0/s1. The fourth-order valence-corrected chi connectivity index (χ4v) is 2.25. The molecule has 2 nitrogen and oxygen atoms in total. The summed E-state index contributed by atoms with van der Waals surface area (Å²) in [5, 5.41) is 3.56. The predicted molar refractivity (Wildman–Crippen MR) is 61.8 cm³/mol. The number of nitrogens with one attached hydrogen (secondary N) is 1. The molecule has 0 radical (unpaired) electrons. The summed E-state index contributed by atoms with van der Waals surface area (Å²) in [6, 6.07) is 11.1. The highest BCUT2D eigenvalue weighted by molar-refractivity contribution is 5.20. The molecule has 0 aromatic heterocycles. The lowest BCUT2D eigenvalue weighted by atomic mass is 9.92. The lowest BCUT2D eigenvalue weighted by Crippen LogP contribution is -2.28. The molecule has 1 saturated heterocycles. The van der Waals surface area contributed by atoms with Crippen LogP contribution in [-0.4, -0.2) is 19.8 Å². The second-order valence-corrected chi connectivity index (χ2v) is 4.07. The molecule has 2 heteroatoms. The lowest BCUT2D eigenvalue weighted by Gasteiger charge is -2.23. The maximum absolute atomic E-state index is 5.47. The van der Waals surface area contributed by atoms with E-state index in [0.717, 1.165) is 19.8 Å². The van der Waals surface area contributed by atoms with Gasteiger partial charge in [-0.3, -0.25) is 0 Å². The number of rotatable bonds is 4. The first-order valence-corrected chi connectivity index (χ1v) is 5.78. The SMILES string of the molecule is CCN[C@H](c1ccccc1)[C@H]1CCOC1. The second kappa shape index (κ2) is 5.29. The monoisotopic (exact) mass is 205 g/mol. The van der Waals surface area contributed by atoms with Gasteiger partial charge in [0.25, 0.3) is 0 Å². The Balaban J connectivity index is 2.11. The van der Waals surface area contributed by atoms with Gasteiger partial charge in [-0.05, 0) is 18.5 Å². The quantitative estimate of drug-likeness (QED) is 0.815. The van der Waals surface area contributed by atoms with Crippen LogP contribution in [0, 0.1) is 5.92 Å². The maximum Gasteiger partial charge on any atom is 0.0513 e. The Bertz CT molecular complexity index is 280. The van der Waals surface area contributed by atoms with Crippen molar-refractivity contribution in [3.63, 3.8) is 0 Å². The molecule has 0 bridgehead atoms. The first kappa shape index (κ1) is 10.7. The Kier molecular flexibility index (Phi) is 3.75. The van der Waals surface area contributed by atoms with E-state index >= 15 is 0 Å². The summed E-state index contributed by atoms with van der Waals surface area (Å²) in [7, 11) is 0. The first-order chi connectivity index (χ1) is 7.42. The molecule has 0 spiro atoms. The van der Waals surface area contributed by atoms with Crippen LogP contribution in [0.1, 0.15) is 24.9 Å². The molecule has 1 heterocycles. The zero-order chi connectivity index (χ0) is 10.5. The Labute approximate surface area is 91.6 Å². The van der Waals surface area contributed by atoms with E-state index in [4.69, 9.17) is 4.74 Å². The van der Waals surface area contributed by atoms with Crippen molar-refractivity contribution in [2.24, 2.45) is 5.92 Å². The summed E-state index contributed by atoms with van der Waals surface area (Å²) in [4.78, 5) is 0. The smallest absolute Gasteiger partial charge is 0.0513 e. The van der Waals surface area contributed by atoms with Gasteiger partial charge >= 0.3 is 0 Å². The molecule has 1 aromatic carbocycles. The normalized spacial score (nSPS) is 22.9. The van der Waals surface area contributed by atoms with Crippen LogP contribution in [0.15, 0.2) is 30.3 Å². The van der Waals surface area contributed by atoms with E-state index in [1.165, 1.54) is 12.0 Å². The van der Waals surface area contributed by atoms with Crippen molar-refractivity contribution >= 4 is 0 Å². The highest BCUT2D eigenvalue weighted by Gasteiger charge is 2.25. The van der Waals surface area contributed by atoms with E-state index in [-0.39, 0.29) is 0 Å². The molecular formula is C13H19NO. The van der Waals surface area contributed by atoms with Crippen LogP contribution in [0.5, 0.6) is 0 Å². The van der Waals surface area contributed by atoms with Crippen LogP contribution < -0.4 is 5.32 Å². The molecule has 2 atom stereocenters. The van der Waals surface area contributed by atoms with Crippen molar-refractivity contribution in [1.82, 2.24) is 5.32 Å². The zero-order valence-corrected chi connectivity index (χ0v) is 9.28. The third kappa shape index (κ3) is 2.58. The fraction of sp³-hybridized carbons (Fsp3) is 0.538. The molecule has 0 unspecified atom stereocenters. The summed E-state index contributed by atoms with van der Waals surface area (Å²) in [6.07, 6.45) is 1.17. The van der Waals surface area contributed by atoms with Gasteiger partial charge in [-0.1, -0.05) is 37.3 Å². The van der Waals surface area contributed by atoms with Crippen molar-refractivity contribution in [2.75, 3.05) is 19.8 Å². The molecule has 0 aliphatic carbocycles. The van der Waals surface area contributed by atoms with Crippen molar-refractivity contribution in [3.8, 4) is 0 Å². The van der Waals surface area contributed by atoms with E-state index < -0.39 is 0 Å². The van der Waals surface area contributed by atoms with E-state index in [0.29, 0.717) is 12.0 Å². The number of benzene rings is 1. The third-order valence-corrected chi connectivity index (χ3v) is 3.02. The predicted octanol–water partition coefficient (Wildman–Crippen LogP) is 2.37. The fourth-order valence-electron chi connectivity index (χ4n) is 2.25. The minimum Gasteiger partial charge on any atom is -0.381 e. The molecule has 1 N–H and O–H groups in total. The number of ether oxygens (including phenoxy) is 1. The topological polar surface area (TPSA) is 21.3 Å². The van der Waals surface area contributed by atoms with Crippen LogP contribution in [0.4, 0.5) is 0 Å². The molecule has 1 aromatic rings. The zero-order valence-electron chi connectivity index (χ0n) is 9.28. The lowest BCUT2D eigenvalue weighted by molar-refractivity contribution is 0.177. The maximum atomic E-state index is 5.47. The summed E-state index contributed by atoms with van der Waals surface area (Å²) in [5.41, 5.74) is 1.38. The van der Waals surface area contributed by atoms with Crippen LogP contribution >= 0.6 is 0 Å². The number of hydrogen-bond acceptors (Lipinski definition) is 2.